The van der Waals surface area contributed by atoms with Crippen molar-refractivity contribution in [2.75, 3.05) is 18.0 Å². The van der Waals surface area contributed by atoms with Crippen LogP contribution in [0.25, 0.3) is 0 Å². The first-order valence-corrected chi connectivity index (χ1v) is 10.1. The minimum absolute atomic E-state index is 0.0134. The summed E-state index contributed by atoms with van der Waals surface area (Å²) in [6.07, 6.45) is 2.97. The Morgan fingerprint density at radius 1 is 1.07 bits per heavy atom. The zero-order valence-electron chi connectivity index (χ0n) is 17.1. The van der Waals surface area contributed by atoms with E-state index in [1.54, 1.807) is 0 Å². The van der Waals surface area contributed by atoms with Gasteiger partial charge in [0.2, 0.25) is 5.91 Å². The van der Waals surface area contributed by atoms with Crippen LogP contribution in [-0.2, 0) is 11.2 Å². The van der Waals surface area contributed by atoms with Crippen LogP contribution >= 0.6 is 0 Å². The molecule has 0 unspecified atom stereocenters. The predicted octanol–water partition coefficient (Wildman–Crippen LogP) is 4.96. The van der Waals surface area contributed by atoms with E-state index in [1.165, 1.54) is 29.7 Å². The Balaban J connectivity index is 1.56. The van der Waals surface area contributed by atoms with Gasteiger partial charge in [-0.05, 0) is 73.9 Å². The number of nitrogens with one attached hydrogen (secondary N) is 1. The molecule has 0 radical (unpaired) electrons. The summed E-state index contributed by atoms with van der Waals surface area (Å²) in [5.74, 6) is 0.910. The third kappa shape index (κ3) is 5.12. The summed E-state index contributed by atoms with van der Waals surface area (Å²) in [6.45, 7) is 10.9. The van der Waals surface area contributed by atoms with Crippen LogP contribution in [0.2, 0.25) is 0 Å². The first kappa shape index (κ1) is 19.5. The Morgan fingerprint density at radius 3 is 2.37 bits per heavy atom. The number of benzene rings is 2. The summed E-state index contributed by atoms with van der Waals surface area (Å²) in [5, 5.41) is 3.13. The lowest BCUT2D eigenvalue weighted by atomic mass is 9.98. The van der Waals surface area contributed by atoms with E-state index in [4.69, 9.17) is 0 Å². The van der Waals surface area contributed by atoms with E-state index in [2.05, 4.69) is 74.3 Å². The molecule has 1 N–H and O–H groups in total. The molecule has 0 spiro atoms. The molecule has 0 bridgehead atoms. The molecule has 1 amide bonds. The highest BCUT2D eigenvalue weighted by Gasteiger charge is 2.16. The molecule has 3 rings (SSSR count). The minimum atomic E-state index is 0.0134. The highest BCUT2D eigenvalue weighted by atomic mass is 16.1. The number of piperidine rings is 1. The van der Waals surface area contributed by atoms with Gasteiger partial charge in [0.1, 0.15) is 0 Å². The number of carbonyl (C=O) groups is 1. The van der Waals surface area contributed by atoms with E-state index < -0.39 is 0 Å². The van der Waals surface area contributed by atoms with Gasteiger partial charge in [0.15, 0.2) is 0 Å². The zero-order valence-corrected chi connectivity index (χ0v) is 17.1. The molecule has 3 nitrogen and oxygen atoms in total. The van der Waals surface area contributed by atoms with Crippen LogP contribution in [0, 0.1) is 19.8 Å². The Bertz CT molecular complexity index is 773. The number of hydrogen-bond acceptors (Lipinski definition) is 2. The van der Waals surface area contributed by atoms with Crippen LogP contribution in [0.3, 0.4) is 0 Å². The summed E-state index contributed by atoms with van der Waals surface area (Å²) in [7, 11) is 0. The van der Waals surface area contributed by atoms with Gasteiger partial charge in [-0.3, -0.25) is 4.79 Å². The van der Waals surface area contributed by atoms with Crippen molar-refractivity contribution in [2.24, 2.45) is 5.92 Å². The second-order valence-corrected chi connectivity index (χ2v) is 8.15. The molecule has 1 atom stereocenters. The van der Waals surface area contributed by atoms with Crippen molar-refractivity contribution in [3.63, 3.8) is 0 Å². The smallest absolute Gasteiger partial charge is 0.224 e. The molecule has 1 heterocycles. The number of carbonyl (C=O) groups excluding carboxylic acids is 1. The average Bonchev–Trinajstić information content (AvgIpc) is 2.65. The molecule has 0 aliphatic carbocycles. The molecule has 0 saturated carbocycles. The maximum atomic E-state index is 12.4. The normalized spacial score (nSPS) is 16.2. The quantitative estimate of drug-likeness (QED) is 0.813. The number of hydrogen-bond donors (Lipinski definition) is 1. The van der Waals surface area contributed by atoms with Crippen molar-refractivity contribution in [3.05, 3.63) is 64.7 Å². The van der Waals surface area contributed by atoms with Crippen molar-refractivity contribution in [1.29, 1.82) is 0 Å². The third-order valence-electron chi connectivity index (χ3n) is 5.86. The maximum Gasteiger partial charge on any atom is 0.224 e. The fourth-order valence-electron chi connectivity index (χ4n) is 3.72. The van der Waals surface area contributed by atoms with Crippen LogP contribution in [0.4, 0.5) is 5.69 Å². The van der Waals surface area contributed by atoms with E-state index in [-0.39, 0.29) is 11.9 Å². The molecule has 27 heavy (non-hydrogen) atoms. The van der Waals surface area contributed by atoms with Crippen molar-refractivity contribution >= 4 is 11.6 Å². The molecule has 3 heteroatoms. The van der Waals surface area contributed by atoms with E-state index in [0.29, 0.717) is 6.42 Å². The van der Waals surface area contributed by atoms with Gasteiger partial charge in [-0.15, -0.1) is 0 Å². The van der Waals surface area contributed by atoms with E-state index in [0.717, 1.165) is 30.1 Å². The predicted molar refractivity (Wildman–Crippen MR) is 113 cm³/mol. The Kier molecular flexibility index (Phi) is 6.20. The topological polar surface area (TPSA) is 32.3 Å². The van der Waals surface area contributed by atoms with Gasteiger partial charge in [-0.2, -0.15) is 0 Å². The maximum absolute atomic E-state index is 12.4. The number of rotatable bonds is 5. The highest BCUT2D eigenvalue weighted by Crippen LogP contribution is 2.24. The van der Waals surface area contributed by atoms with Gasteiger partial charge in [-0.1, -0.05) is 37.3 Å². The van der Waals surface area contributed by atoms with Crippen molar-refractivity contribution < 1.29 is 4.79 Å². The second kappa shape index (κ2) is 8.60. The van der Waals surface area contributed by atoms with Crippen LogP contribution in [0.5, 0.6) is 0 Å². The summed E-state index contributed by atoms with van der Waals surface area (Å²) in [5.41, 5.74) is 6.00. The van der Waals surface area contributed by atoms with Gasteiger partial charge in [0.25, 0.3) is 0 Å². The van der Waals surface area contributed by atoms with Crippen LogP contribution in [-0.4, -0.2) is 19.0 Å². The molecule has 1 fully saturated rings. The molecule has 2 aromatic carbocycles. The fraction of sp³-hybridized carbons (Fsp3) is 0.458. The van der Waals surface area contributed by atoms with Crippen molar-refractivity contribution in [2.45, 2.75) is 53.0 Å². The highest BCUT2D eigenvalue weighted by molar-refractivity contribution is 5.79. The van der Waals surface area contributed by atoms with Gasteiger partial charge >= 0.3 is 0 Å². The molecule has 1 aliphatic heterocycles. The van der Waals surface area contributed by atoms with Gasteiger partial charge in [-0.25, -0.2) is 0 Å². The average molecular weight is 365 g/mol. The van der Waals surface area contributed by atoms with Crippen LogP contribution in [0.1, 0.15) is 55.0 Å². The molecular formula is C24H32N2O. The number of anilines is 1. The van der Waals surface area contributed by atoms with Crippen molar-refractivity contribution in [1.82, 2.24) is 5.32 Å². The molecular weight excluding hydrogens is 332 g/mol. The molecule has 1 saturated heterocycles. The summed E-state index contributed by atoms with van der Waals surface area (Å²) >= 11 is 0. The molecule has 0 aromatic heterocycles. The van der Waals surface area contributed by atoms with Crippen LogP contribution in [0.15, 0.2) is 42.5 Å². The number of nitrogens with zero attached hydrogens (tertiary/aromatic N) is 1. The Morgan fingerprint density at radius 2 is 1.74 bits per heavy atom. The summed E-state index contributed by atoms with van der Waals surface area (Å²) < 4.78 is 0. The fourth-order valence-corrected chi connectivity index (χ4v) is 3.72. The Hall–Kier alpha value is -2.29. The SMILES string of the molecule is Cc1ccc(CC(=O)N[C@H](C)c2ccc(N3CCC(C)CC3)cc2)cc1C. The largest absolute Gasteiger partial charge is 0.372 e. The van der Waals surface area contributed by atoms with E-state index in [1.807, 2.05) is 6.07 Å². The Labute approximate surface area is 163 Å². The summed E-state index contributed by atoms with van der Waals surface area (Å²) in [4.78, 5) is 14.9. The standard InChI is InChI=1S/C24H32N2O/c1-17-11-13-26(14-12-17)23-9-7-22(8-10-23)20(4)25-24(27)16-21-6-5-18(2)19(3)15-21/h5-10,15,17,20H,11-14,16H2,1-4H3,(H,25,27)/t20-/m1/s1. The lowest BCUT2D eigenvalue weighted by Gasteiger charge is -2.32. The van der Waals surface area contributed by atoms with E-state index in [9.17, 15) is 4.79 Å². The van der Waals surface area contributed by atoms with Gasteiger partial charge in [0.05, 0.1) is 12.5 Å². The third-order valence-corrected chi connectivity index (χ3v) is 5.86. The molecule has 2 aromatic rings. The summed E-state index contributed by atoms with van der Waals surface area (Å²) in [6, 6.07) is 14.9. The van der Waals surface area contributed by atoms with E-state index >= 15 is 0 Å². The van der Waals surface area contributed by atoms with Crippen molar-refractivity contribution in [3.8, 4) is 0 Å². The number of amides is 1. The van der Waals surface area contributed by atoms with Gasteiger partial charge in [0, 0.05) is 18.8 Å². The lowest BCUT2D eigenvalue weighted by molar-refractivity contribution is -0.121. The molecule has 144 valence electrons. The second-order valence-electron chi connectivity index (χ2n) is 8.15. The first-order chi connectivity index (χ1) is 12.9. The zero-order chi connectivity index (χ0) is 19.4. The monoisotopic (exact) mass is 364 g/mol. The lowest BCUT2D eigenvalue weighted by Crippen LogP contribution is -2.32. The molecule has 1 aliphatic rings. The van der Waals surface area contributed by atoms with Crippen LogP contribution < -0.4 is 10.2 Å². The minimum Gasteiger partial charge on any atom is -0.372 e. The van der Waals surface area contributed by atoms with Gasteiger partial charge < -0.3 is 10.2 Å². The number of aryl methyl sites for hydroxylation is 2. The first-order valence-electron chi connectivity index (χ1n) is 10.1.